The molecule has 48 valence electrons. The Labute approximate surface area is 55.1 Å². The molecule has 0 heterocycles. The van der Waals surface area contributed by atoms with Crippen molar-refractivity contribution in [1.29, 1.82) is 0 Å². The number of hydrogen-bond acceptors (Lipinski definition) is 1. The Hall–Kier alpha value is -0.850. The average molecular weight is 122 g/mol. The van der Waals surface area contributed by atoms with Crippen molar-refractivity contribution in [3.63, 3.8) is 0 Å². The number of hydrogen-bond donors (Lipinski definition) is 0. The molecule has 1 aliphatic rings. The largest absolute Gasteiger partial charge is 0.290 e. The number of allylic oxidation sites excluding steroid dienone is 4. The average Bonchev–Trinajstić information content (AvgIpc) is 2.18. The molecule has 0 saturated carbocycles. The summed E-state index contributed by atoms with van der Waals surface area (Å²) < 4.78 is 0. The molecule has 0 bridgehead atoms. The Bertz CT molecular complexity index is 175. The lowest BCUT2D eigenvalue weighted by atomic mass is 10.2. The minimum absolute atomic E-state index is 0.192. The van der Waals surface area contributed by atoms with Crippen LogP contribution in [0.5, 0.6) is 0 Å². The Morgan fingerprint density at radius 1 is 1.78 bits per heavy atom. The molecule has 0 aromatic heterocycles. The van der Waals surface area contributed by atoms with E-state index in [4.69, 9.17) is 0 Å². The summed E-state index contributed by atoms with van der Waals surface area (Å²) in [6.07, 6.45) is 7.34. The smallest absolute Gasteiger partial charge is 0.181 e. The Kier molecular flexibility index (Phi) is 1.83. The lowest BCUT2D eigenvalue weighted by molar-refractivity contribution is -0.111. The molecule has 0 amide bonds. The molecular formula is C8H10O. The second-order valence-electron chi connectivity index (χ2n) is 2.11. The molecule has 0 atom stereocenters. The molecule has 1 heteroatoms. The number of carbonyl (C=O) groups excluding carboxylic acids is 1. The topological polar surface area (TPSA) is 17.1 Å². The van der Waals surface area contributed by atoms with Gasteiger partial charge in [0.05, 0.1) is 0 Å². The molecule has 0 radical (unpaired) electrons. The zero-order valence-corrected chi connectivity index (χ0v) is 5.55. The van der Waals surface area contributed by atoms with E-state index in [1.807, 2.05) is 19.1 Å². The van der Waals surface area contributed by atoms with E-state index in [-0.39, 0.29) is 5.78 Å². The van der Waals surface area contributed by atoms with Gasteiger partial charge < -0.3 is 0 Å². The minimum atomic E-state index is 0.192. The van der Waals surface area contributed by atoms with Crippen molar-refractivity contribution in [2.45, 2.75) is 19.8 Å². The quantitative estimate of drug-likeness (QED) is 0.485. The van der Waals surface area contributed by atoms with Crippen molar-refractivity contribution >= 4 is 5.78 Å². The predicted octanol–water partition coefficient (Wildman–Crippen LogP) is 1.85. The number of carbonyl (C=O) groups is 1. The van der Waals surface area contributed by atoms with Crippen molar-refractivity contribution in [3.8, 4) is 0 Å². The minimum Gasteiger partial charge on any atom is -0.290 e. The Morgan fingerprint density at radius 2 is 2.56 bits per heavy atom. The van der Waals surface area contributed by atoms with Crippen LogP contribution in [0.25, 0.3) is 0 Å². The number of ketones is 1. The van der Waals surface area contributed by atoms with Crippen LogP contribution in [0.15, 0.2) is 23.8 Å². The van der Waals surface area contributed by atoms with Crippen molar-refractivity contribution in [2.24, 2.45) is 0 Å². The van der Waals surface area contributed by atoms with E-state index >= 15 is 0 Å². The van der Waals surface area contributed by atoms with E-state index in [9.17, 15) is 4.79 Å². The Morgan fingerprint density at radius 3 is 3.00 bits per heavy atom. The molecular weight excluding hydrogens is 112 g/mol. The maximum atomic E-state index is 10.8. The first-order valence-corrected chi connectivity index (χ1v) is 3.24. The highest BCUT2D eigenvalue weighted by Crippen LogP contribution is 2.12. The monoisotopic (exact) mass is 122 g/mol. The normalized spacial score (nSPS) is 21.9. The molecule has 0 unspecified atom stereocenters. The highest BCUT2D eigenvalue weighted by atomic mass is 16.1. The van der Waals surface area contributed by atoms with Crippen LogP contribution in [0.2, 0.25) is 0 Å². The highest BCUT2D eigenvalue weighted by Gasteiger charge is 2.08. The van der Waals surface area contributed by atoms with Crippen molar-refractivity contribution in [3.05, 3.63) is 23.8 Å². The highest BCUT2D eigenvalue weighted by molar-refractivity contribution is 6.06. The summed E-state index contributed by atoms with van der Waals surface area (Å²) >= 11 is 0. The standard InChI is InChI=1S/C8H10O/c1-2-4-7-5-3-6-8(7)9/h3-4,6H,2,5H2,1H3/b7-4+. The summed E-state index contributed by atoms with van der Waals surface area (Å²) in [7, 11) is 0. The lowest BCUT2D eigenvalue weighted by Gasteiger charge is -1.89. The summed E-state index contributed by atoms with van der Waals surface area (Å²) in [5.74, 6) is 0.192. The van der Waals surface area contributed by atoms with Gasteiger partial charge in [0.15, 0.2) is 5.78 Å². The first-order chi connectivity index (χ1) is 4.34. The van der Waals surface area contributed by atoms with E-state index in [2.05, 4.69) is 0 Å². The summed E-state index contributed by atoms with van der Waals surface area (Å²) in [5, 5.41) is 0. The van der Waals surface area contributed by atoms with Crippen LogP contribution in [0.4, 0.5) is 0 Å². The second kappa shape index (κ2) is 2.62. The Balaban J connectivity index is 2.66. The van der Waals surface area contributed by atoms with Crippen LogP contribution in [0.1, 0.15) is 19.8 Å². The van der Waals surface area contributed by atoms with Gasteiger partial charge in [0.25, 0.3) is 0 Å². The molecule has 1 aliphatic carbocycles. The van der Waals surface area contributed by atoms with E-state index in [1.54, 1.807) is 6.08 Å². The van der Waals surface area contributed by atoms with Crippen LogP contribution in [0.3, 0.4) is 0 Å². The molecule has 0 N–H and O–H groups in total. The van der Waals surface area contributed by atoms with Crippen LogP contribution in [0, 0.1) is 0 Å². The van der Waals surface area contributed by atoms with E-state index in [1.165, 1.54) is 0 Å². The zero-order valence-electron chi connectivity index (χ0n) is 5.55. The fourth-order valence-electron chi connectivity index (χ4n) is 0.931. The van der Waals surface area contributed by atoms with Crippen LogP contribution < -0.4 is 0 Å². The molecule has 9 heavy (non-hydrogen) atoms. The van der Waals surface area contributed by atoms with Crippen molar-refractivity contribution in [1.82, 2.24) is 0 Å². The summed E-state index contributed by atoms with van der Waals surface area (Å²) in [5.41, 5.74) is 0.956. The SMILES string of the molecule is CC/C=C1\CC=CC1=O. The molecule has 0 saturated heterocycles. The molecule has 0 aromatic rings. The van der Waals surface area contributed by atoms with E-state index in [0.717, 1.165) is 18.4 Å². The molecule has 1 nitrogen and oxygen atoms in total. The molecule has 1 rings (SSSR count). The molecule has 0 spiro atoms. The van der Waals surface area contributed by atoms with Gasteiger partial charge >= 0.3 is 0 Å². The maximum Gasteiger partial charge on any atom is 0.181 e. The first-order valence-electron chi connectivity index (χ1n) is 3.24. The maximum absolute atomic E-state index is 10.8. The van der Waals surface area contributed by atoms with Crippen LogP contribution >= 0.6 is 0 Å². The zero-order chi connectivity index (χ0) is 6.69. The van der Waals surface area contributed by atoms with Gasteiger partial charge in [-0.15, -0.1) is 0 Å². The second-order valence-corrected chi connectivity index (χ2v) is 2.11. The van der Waals surface area contributed by atoms with Gasteiger partial charge in [0.2, 0.25) is 0 Å². The van der Waals surface area contributed by atoms with Gasteiger partial charge in [-0.05, 0) is 24.5 Å². The van der Waals surface area contributed by atoms with Gasteiger partial charge in [-0.2, -0.15) is 0 Å². The van der Waals surface area contributed by atoms with Crippen LogP contribution in [-0.2, 0) is 4.79 Å². The fourth-order valence-corrected chi connectivity index (χ4v) is 0.931. The van der Waals surface area contributed by atoms with Gasteiger partial charge in [-0.25, -0.2) is 0 Å². The third kappa shape index (κ3) is 1.28. The first kappa shape index (κ1) is 6.27. The third-order valence-electron chi connectivity index (χ3n) is 1.37. The number of rotatable bonds is 1. The van der Waals surface area contributed by atoms with Gasteiger partial charge in [-0.1, -0.05) is 19.1 Å². The summed E-state index contributed by atoms with van der Waals surface area (Å²) in [4.78, 5) is 10.8. The van der Waals surface area contributed by atoms with Gasteiger partial charge in [0, 0.05) is 0 Å². The lowest BCUT2D eigenvalue weighted by Crippen LogP contribution is -1.89. The van der Waals surface area contributed by atoms with Gasteiger partial charge in [-0.3, -0.25) is 4.79 Å². The summed E-state index contributed by atoms with van der Waals surface area (Å²) in [6, 6.07) is 0. The van der Waals surface area contributed by atoms with E-state index in [0.29, 0.717) is 0 Å². The summed E-state index contributed by atoms with van der Waals surface area (Å²) in [6.45, 7) is 2.04. The third-order valence-corrected chi connectivity index (χ3v) is 1.37. The van der Waals surface area contributed by atoms with Crippen molar-refractivity contribution in [2.75, 3.05) is 0 Å². The fraction of sp³-hybridized carbons (Fsp3) is 0.375. The van der Waals surface area contributed by atoms with Crippen molar-refractivity contribution < 1.29 is 4.79 Å². The molecule has 0 aromatic carbocycles. The molecule has 0 aliphatic heterocycles. The van der Waals surface area contributed by atoms with E-state index < -0.39 is 0 Å². The molecule has 0 fully saturated rings. The predicted molar refractivity (Wildman–Crippen MR) is 37.1 cm³/mol. The van der Waals surface area contributed by atoms with Crippen LogP contribution in [-0.4, -0.2) is 5.78 Å². The van der Waals surface area contributed by atoms with Gasteiger partial charge in [0.1, 0.15) is 0 Å².